The van der Waals surface area contributed by atoms with Crippen molar-refractivity contribution in [2.75, 3.05) is 13.1 Å². The van der Waals surface area contributed by atoms with Crippen LogP contribution in [-0.4, -0.2) is 30.1 Å². The average molecular weight is 349 g/mol. The van der Waals surface area contributed by atoms with Crippen molar-refractivity contribution in [3.05, 3.63) is 48.0 Å². The number of hydrogen-bond donors (Lipinski definition) is 3. The number of carbonyl (C=O) groups excluding carboxylic acids is 1. The van der Waals surface area contributed by atoms with E-state index in [1.54, 1.807) is 0 Å². The zero-order valence-corrected chi connectivity index (χ0v) is 14.7. The highest BCUT2D eigenvalue weighted by atomic mass is 35.5. The molecule has 1 aliphatic rings. The normalized spacial score (nSPS) is 21.8. The van der Waals surface area contributed by atoms with Gasteiger partial charge in [0.05, 0.1) is 6.10 Å². The lowest BCUT2D eigenvalue weighted by molar-refractivity contribution is -0.126. The number of hydrogen-bond acceptors (Lipinski definition) is 3. The van der Waals surface area contributed by atoms with E-state index in [1.165, 1.54) is 0 Å². The minimum Gasteiger partial charge on any atom is -0.387 e. The van der Waals surface area contributed by atoms with E-state index in [1.807, 2.05) is 42.5 Å². The molecular formula is C19H25ClN2O2. The average Bonchev–Trinajstić information content (AvgIpc) is 2.59. The Labute approximate surface area is 149 Å². The molecule has 0 saturated carbocycles. The molecule has 1 amide bonds. The van der Waals surface area contributed by atoms with E-state index in [0.29, 0.717) is 6.04 Å². The van der Waals surface area contributed by atoms with Crippen LogP contribution >= 0.6 is 12.4 Å². The molecule has 24 heavy (non-hydrogen) atoms. The lowest BCUT2D eigenvalue weighted by atomic mass is 9.92. The summed E-state index contributed by atoms with van der Waals surface area (Å²) in [4.78, 5) is 12.2. The molecule has 4 nitrogen and oxygen atoms in total. The molecule has 1 unspecified atom stereocenters. The molecule has 0 aromatic heterocycles. The summed E-state index contributed by atoms with van der Waals surface area (Å²) in [6.07, 6.45) is 1.04. The zero-order valence-electron chi connectivity index (χ0n) is 13.9. The van der Waals surface area contributed by atoms with Gasteiger partial charge >= 0.3 is 0 Å². The van der Waals surface area contributed by atoms with E-state index < -0.39 is 6.10 Å². The first-order chi connectivity index (χ1) is 11.1. The highest BCUT2D eigenvalue weighted by Gasteiger charge is 2.24. The number of halogens is 1. The second-order valence-electron chi connectivity index (χ2n) is 6.44. The van der Waals surface area contributed by atoms with Crippen LogP contribution in [0.25, 0.3) is 10.8 Å². The smallest absolute Gasteiger partial charge is 0.223 e. The highest BCUT2D eigenvalue weighted by Crippen LogP contribution is 2.21. The van der Waals surface area contributed by atoms with Gasteiger partial charge in [-0.1, -0.05) is 36.4 Å². The van der Waals surface area contributed by atoms with Crippen LogP contribution in [0.5, 0.6) is 0 Å². The Balaban J connectivity index is 0.00000208. The number of aliphatic hydroxyl groups is 1. The molecule has 1 fully saturated rings. The molecule has 0 aliphatic carbocycles. The Morgan fingerprint density at radius 1 is 1.29 bits per heavy atom. The zero-order chi connectivity index (χ0) is 16.2. The van der Waals surface area contributed by atoms with Gasteiger partial charge < -0.3 is 15.7 Å². The maximum atomic E-state index is 12.2. The second-order valence-corrected chi connectivity index (χ2v) is 6.44. The van der Waals surface area contributed by atoms with Crippen LogP contribution in [0.2, 0.25) is 0 Å². The van der Waals surface area contributed by atoms with E-state index >= 15 is 0 Å². The van der Waals surface area contributed by atoms with Crippen molar-refractivity contribution in [3.8, 4) is 0 Å². The molecule has 5 heteroatoms. The largest absolute Gasteiger partial charge is 0.387 e. The lowest BCUT2D eigenvalue weighted by Gasteiger charge is -2.27. The molecule has 2 aromatic carbocycles. The van der Waals surface area contributed by atoms with Gasteiger partial charge in [-0.25, -0.2) is 0 Å². The van der Waals surface area contributed by atoms with E-state index in [2.05, 4.69) is 17.6 Å². The van der Waals surface area contributed by atoms with Gasteiger partial charge in [-0.2, -0.15) is 0 Å². The molecule has 1 aliphatic heterocycles. The van der Waals surface area contributed by atoms with Crippen LogP contribution in [0.3, 0.4) is 0 Å². The van der Waals surface area contributed by atoms with Crippen molar-refractivity contribution in [2.24, 2.45) is 5.92 Å². The SMILES string of the molecule is C[C@H]1C[C@@H](C(=O)NCC(O)c2ccc3ccccc3c2)CCN1.Cl. The van der Waals surface area contributed by atoms with Crippen molar-refractivity contribution in [3.63, 3.8) is 0 Å². The number of piperidine rings is 1. The summed E-state index contributed by atoms with van der Waals surface area (Å²) in [6.45, 7) is 3.24. The second kappa shape index (κ2) is 8.47. The molecule has 0 spiro atoms. The predicted octanol–water partition coefficient (Wildman–Crippen LogP) is 2.80. The number of carbonyl (C=O) groups is 1. The molecule has 3 rings (SSSR count). The first kappa shape index (κ1) is 18.7. The Morgan fingerprint density at radius 2 is 2.04 bits per heavy atom. The van der Waals surface area contributed by atoms with Crippen LogP contribution in [0, 0.1) is 5.92 Å². The minimum absolute atomic E-state index is 0. The third-order valence-electron chi connectivity index (χ3n) is 4.62. The molecule has 3 atom stereocenters. The van der Waals surface area contributed by atoms with Crippen LogP contribution in [0.1, 0.15) is 31.4 Å². The van der Waals surface area contributed by atoms with Crippen LogP contribution in [0.4, 0.5) is 0 Å². The van der Waals surface area contributed by atoms with Gasteiger partial charge in [0, 0.05) is 18.5 Å². The van der Waals surface area contributed by atoms with Crippen LogP contribution in [-0.2, 0) is 4.79 Å². The number of aliphatic hydroxyl groups excluding tert-OH is 1. The summed E-state index contributed by atoms with van der Waals surface area (Å²) < 4.78 is 0. The van der Waals surface area contributed by atoms with Gasteiger partial charge in [-0.15, -0.1) is 12.4 Å². The molecular weight excluding hydrogens is 324 g/mol. The number of benzene rings is 2. The predicted molar refractivity (Wildman–Crippen MR) is 99.4 cm³/mol. The number of fused-ring (bicyclic) bond motifs is 1. The third kappa shape index (κ3) is 4.47. The van der Waals surface area contributed by atoms with E-state index in [-0.39, 0.29) is 30.8 Å². The Bertz CT molecular complexity index is 692. The summed E-state index contributed by atoms with van der Waals surface area (Å²) in [7, 11) is 0. The van der Waals surface area contributed by atoms with Crippen molar-refractivity contribution in [1.29, 1.82) is 0 Å². The molecule has 0 bridgehead atoms. The molecule has 0 radical (unpaired) electrons. The van der Waals surface area contributed by atoms with Gasteiger partial charge in [0.15, 0.2) is 0 Å². The first-order valence-corrected chi connectivity index (χ1v) is 8.31. The summed E-state index contributed by atoms with van der Waals surface area (Å²) in [6, 6.07) is 14.3. The van der Waals surface area contributed by atoms with Crippen LogP contribution in [0.15, 0.2) is 42.5 Å². The molecule has 2 aromatic rings. The van der Waals surface area contributed by atoms with Gasteiger partial charge in [0.2, 0.25) is 5.91 Å². The summed E-state index contributed by atoms with van der Waals surface area (Å²) in [5, 5.41) is 18.8. The van der Waals surface area contributed by atoms with Gasteiger partial charge in [-0.05, 0) is 48.7 Å². The number of amides is 1. The molecule has 1 heterocycles. The first-order valence-electron chi connectivity index (χ1n) is 8.31. The summed E-state index contributed by atoms with van der Waals surface area (Å²) >= 11 is 0. The maximum absolute atomic E-state index is 12.2. The Hall–Kier alpha value is -1.62. The van der Waals surface area contributed by atoms with Gasteiger partial charge in [0.25, 0.3) is 0 Å². The number of rotatable bonds is 4. The fourth-order valence-electron chi connectivity index (χ4n) is 3.24. The standard InChI is InChI=1S/C19H24N2O2.ClH/c1-13-10-17(8-9-20-13)19(23)21-12-18(22)16-7-6-14-4-2-3-5-15(14)11-16;/h2-7,11,13,17-18,20,22H,8-10,12H2,1H3,(H,21,23);1H/t13-,17-,18?;/m0./s1. The minimum atomic E-state index is -0.678. The molecule has 3 N–H and O–H groups in total. The monoisotopic (exact) mass is 348 g/mol. The van der Waals surface area contributed by atoms with Crippen molar-refractivity contribution >= 4 is 29.1 Å². The fourth-order valence-corrected chi connectivity index (χ4v) is 3.24. The van der Waals surface area contributed by atoms with Crippen LogP contribution < -0.4 is 10.6 Å². The maximum Gasteiger partial charge on any atom is 0.223 e. The summed E-state index contributed by atoms with van der Waals surface area (Å²) in [5.74, 6) is 0.105. The van der Waals surface area contributed by atoms with Crippen molar-refractivity contribution in [2.45, 2.75) is 31.9 Å². The molecule has 130 valence electrons. The van der Waals surface area contributed by atoms with Gasteiger partial charge in [-0.3, -0.25) is 4.79 Å². The van der Waals surface area contributed by atoms with E-state index in [0.717, 1.165) is 35.7 Å². The van der Waals surface area contributed by atoms with E-state index in [9.17, 15) is 9.90 Å². The Morgan fingerprint density at radius 3 is 2.79 bits per heavy atom. The Kier molecular flexibility index (Phi) is 6.60. The topological polar surface area (TPSA) is 61.4 Å². The lowest BCUT2D eigenvalue weighted by Crippen LogP contribution is -2.43. The third-order valence-corrected chi connectivity index (χ3v) is 4.62. The van der Waals surface area contributed by atoms with Crippen molar-refractivity contribution < 1.29 is 9.90 Å². The molecule has 1 saturated heterocycles. The highest BCUT2D eigenvalue weighted by molar-refractivity contribution is 5.85. The quantitative estimate of drug-likeness (QED) is 0.796. The fraction of sp³-hybridized carbons (Fsp3) is 0.421. The number of nitrogens with one attached hydrogen (secondary N) is 2. The van der Waals surface area contributed by atoms with E-state index in [4.69, 9.17) is 0 Å². The van der Waals surface area contributed by atoms with Gasteiger partial charge in [0.1, 0.15) is 0 Å². The summed E-state index contributed by atoms with van der Waals surface area (Å²) in [5.41, 5.74) is 0.836. The van der Waals surface area contributed by atoms with Crippen molar-refractivity contribution in [1.82, 2.24) is 10.6 Å².